The van der Waals surface area contributed by atoms with E-state index in [1.54, 1.807) is 0 Å². The molecule has 18 heavy (non-hydrogen) atoms. The fourth-order valence-corrected chi connectivity index (χ4v) is 2.52. The minimum Gasteiger partial charge on any atom is -0.395 e. The normalized spacial score (nSPS) is 16.7. The Labute approximate surface area is 111 Å². The molecule has 1 aliphatic rings. The lowest BCUT2D eigenvalue weighted by molar-refractivity contribution is -0.123. The van der Waals surface area contributed by atoms with Crippen LogP contribution in [0.1, 0.15) is 46.0 Å². The van der Waals surface area contributed by atoms with Crippen molar-refractivity contribution in [3.8, 4) is 0 Å². The van der Waals surface area contributed by atoms with Gasteiger partial charge in [0.25, 0.3) is 0 Å². The Balaban J connectivity index is 2.40. The second-order valence-electron chi connectivity index (χ2n) is 5.66. The predicted molar refractivity (Wildman–Crippen MR) is 73.4 cm³/mol. The van der Waals surface area contributed by atoms with Crippen molar-refractivity contribution in [1.29, 1.82) is 0 Å². The van der Waals surface area contributed by atoms with E-state index in [0.717, 1.165) is 13.0 Å². The SMILES string of the molecule is CC(C)CCN(CC(=O)NCCO)C1CCCC1. The smallest absolute Gasteiger partial charge is 0.234 e. The minimum atomic E-state index is 0.0150. The van der Waals surface area contributed by atoms with Gasteiger partial charge in [-0.1, -0.05) is 26.7 Å². The molecule has 0 aromatic heterocycles. The van der Waals surface area contributed by atoms with Crippen molar-refractivity contribution in [2.75, 3.05) is 26.2 Å². The molecule has 0 aliphatic heterocycles. The van der Waals surface area contributed by atoms with Gasteiger partial charge < -0.3 is 10.4 Å². The number of rotatable bonds is 8. The van der Waals surface area contributed by atoms with Crippen LogP contribution in [0.4, 0.5) is 0 Å². The molecule has 0 saturated heterocycles. The van der Waals surface area contributed by atoms with Gasteiger partial charge in [-0.25, -0.2) is 0 Å². The highest BCUT2D eigenvalue weighted by Gasteiger charge is 2.24. The van der Waals surface area contributed by atoms with Crippen LogP contribution >= 0.6 is 0 Å². The standard InChI is InChI=1S/C14H28N2O2/c1-12(2)7-9-16(13-5-3-4-6-13)11-14(18)15-8-10-17/h12-13,17H,3-11H2,1-2H3,(H,15,18). The van der Waals surface area contributed by atoms with Crippen LogP contribution in [0.3, 0.4) is 0 Å². The van der Waals surface area contributed by atoms with Crippen LogP contribution in [0.2, 0.25) is 0 Å². The molecule has 0 unspecified atom stereocenters. The number of carbonyl (C=O) groups excluding carboxylic acids is 1. The second kappa shape index (κ2) is 8.48. The molecule has 0 bridgehead atoms. The number of hydrogen-bond donors (Lipinski definition) is 2. The predicted octanol–water partition coefficient (Wildman–Crippen LogP) is 1.39. The zero-order valence-electron chi connectivity index (χ0n) is 11.8. The first-order valence-corrected chi connectivity index (χ1v) is 7.25. The molecule has 0 radical (unpaired) electrons. The summed E-state index contributed by atoms with van der Waals surface area (Å²) in [7, 11) is 0. The highest BCUT2D eigenvalue weighted by atomic mass is 16.3. The third-order valence-electron chi connectivity index (χ3n) is 3.62. The lowest BCUT2D eigenvalue weighted by Gasteiger charge is -2.28. The summed E-state index contributed by atoms with van der Waals surface area (Å²) in [4.78, 5) is 14.1. The number of hydrogen-bond acceptors (Lipinski definition) is 3. The van der Waals surface area contributed by atoms with E-state index in [1.165, 1.54) is 25.7 Å². The quantitative estimate of drug-likeness (QED) is 0.690. The van der Waals surface area contributed by atoms with Gasteiger partial charge in [-0.15, -0.1) is 0 Å². The zero-order chi connectivity index (χ0) is 13.4. The number of aliphatic hydroxyl groups is 1. The van der Waals surface area contributed by atoms with Crippen LogP contribution in [0.15, 0.2) is 0 Å². The molecule has 1 fully saturated rings. The van der Waals surface area contributed by atoms with Gasteiger partial charge in [0.2, 0.25) is 5.91 Å². The fourth-order valence-electron chi connectivity index (χ4n) is 2.52. The molecule has 106 valence electrons. The van der Waals surface area contributed by atoms with Gasteiger partial charge in [0, 0.05) is 12.6 Å². The number of amides is 1. The summed E-state index contributed by atoms with van der Waals surface area (Å²) in [5, 5.41) is 11.5. The van der Waals surface area contributed by atoms with E-state index in [9.17, 15) is 4.79 Å². The molecular weight excluding hydrogens is 228 g/mol. The third kappa shape index (κ3) is 5.83. The molecule has 0 aromatic carbocycles. The van der Waals surface area contributed by atoms with E-state index in [4.69, 9.17) is 5.11 Å². The van der Waals surface area contributed by atoms with Gasteiger partial charge >= 0.3 is 0 Å². The molecule has 1 saturated carbocycles. The molecule has 1 amide bonds. The summed E-state index contributed by atoms with van der Waals surface area (Å²) in [6.07, 6.45) is 6.18. The average molecular weight is 256 g/mol. The Morgan fingerprint density at radius 1 is 1.39 bits per heavy atom. The molecule has 4 nitrogen and oxygen atoms in total. The monoisotopic (exact) mass is 256 g/mol. The van der Waals surface area contributed by atoms with Crippen molar-refractivity contribution < 1.29 is 9.90 Å². The van der Waals surface area contributed by atoms with Crippen molar-refractivity contribution in [2.45, 2.75) is 52.0 Å². The first kappa shape index (κ1) is 15.4. The minimum absolute atomic E-state index is 0.0150. The molecular formula is C14H28N2O2. The maximum atomic E-state index is 11.7. The molecule has 2 N–H and O–H groups in total. The van der Waals surface area contributed by atoms with Gasteiger partial charge in [0.15, 0.2) is 0 Å². The van der Waals surface area contributed by atoms with Gasteiger partial charge in [-0.2, -0.15) is 0 Å². The van der Waals surface area contributed by atoms with Crippen LogP contribution in [0.5, 0.6) is 0 Å². The molecule has 4 heteroatoms. The summed E-state index contributed by atoms with van der Waals surface area (Å²) in [5.41, 5.74) is 0. The Hall–Kier alpha value is -0.610. The van der Waals surface area contributed by atoms with Gasteiger partial charge in [-0.3, -0.25) is 9.69 Å². The van der Waals surface area contributed by atoms with Crippen LogP contribution in [-0.2, 0) is 4.79 Å². The van der Waals surface area contributed by atoms with Crippen LogP contribution in [-0.4, -0.2) is 48.2 Å². The molecule has 0 spiro atoms. The Kier molecular flexibility index (Phi) is 7.28. The van der Waals surface area contributed by atoms with E-state index < -0.39 is 0 Å². The topological polar surface area (TPSA) is 52.6 Å². The second-order valence-corrected chi connectivity index (χ2v) is 5.66. The van der Waals surface area contributed by atoms with Gasteiger partial charge in [0.1, 0.15) is 0 Å². The summed E-state index contributed by atoms with van der Waals surface area (Å²) >= 11 is 0. The van der Waals surface area contributed by atoms with E-state index in [2.05, 4.69) is 24.1 Å². The lowest BCUT2D eigenvalue weighted by atomic mass is 10.1. The lowest BCUT2D eigenvalue weighted by Crippen LogP contribution is -2.43. The Morgan fingerprint density at radius 3 is 2.61 bits per heavy atom. The number of carbonyl (C=O) groups is 1. The third-order valence-corrected chi connectivity index (χ3v) is 3.62. The van der Waals surface area contributed by atoms with E-state index in [1.807, 2.05) is 0 Å². The maximum absolute atomic E-state index is 11.7. The zero-order valence-corrected chi connectivity index (χ0v) is 11.8. The average Bonchev–Trinajstić information content (AvgIpc) is 2.85. The summed E-state index contributed by atoms with van der Waals surface area (Å²) in [6, 6.07) is 0.587. The first-order valence-electron chi connectivity index (χ1n) is 7.25. The van der Waals surface area contributed by atoms with Crippen LogP contribution in [0, 0.1) is 5.92 Å². The van der Waals surface area contributed by atoms with Gasteiger partial charge in [-0.05, 0) is 31.7 Å². The fraction of sp³-hybridized carbons (Fsp3) is 0.929. The highest BCUT2D eigenvalue weighted by Crippen LogP contribution is 2.23. The summed E-state index contributed by atoms with van der Waals surface area (Å²) in [6.45, 7) is 6.31. The van der Waals surface area contributed by atoms with E-state index in [-0.39, 0.29) is 12.5 Å². The molecule has 1 aliphatic carbocycles. The highest BCUT2D eigenvalue weighted by molar-refractivity contribution is 5.78. The van der Waals surface area contributed by atoms with E-state index in [0.29, 0.717) is 25.0 Å². The molecule has 0 atom stereocenters. The number of aliphatic hydroxyl groups excluding tert-OH is 1. The van der Waals surface area contributed by atoms with Crippen LogP contribution < -0.4 is 5.32 Å². The summed E-state index contributed by atoms with van der Waals surface area (Å²) in [5.74, 6) is 0.717. The van der Waals surface area contributed by atoms with Crippen molar-refractivity contribution >= 4 is 5.91 Å². The number of nitrogens with zero attached hydrogens (tertiary/aromatic N) is 1. The van der Waals surface area contributed by atoms with Crippen molar-refractivity contribution in [3.63, 3.8) is 0 Å². The Bertz CT molecular complexity index is 238. The van der Waals surface area contributed by atoms with Gasteiger partial charge in [0.05, 0.1) is 13.2 Å². The van der Waals surface area contributed by atoms with E-state index >= 15 is 0 Å². The maximum Gasteiger partial charge on any atom is 0.234 e. The summed E-state index contributed by atoms with van der Waals surface area (Å²) < 4.78 is 0. The first-order chi connectivity index (χ1) is 8.63. The van der Waals surface area contributed by atoms with Crippen LogP contribution in [0.25, 0.3) is 0 Å². The Morgan fingerprint density at radius 2 is 2.06 bits per heavy atom. The number of nitrogens with one attached hydrogen (secondary N) is 1. The molecule has 1 rings (SSSR count). The largest absolute Gasteiger partial charge is 0.395 e. The van der Waals surface area contributed by atoms with Crippen molar-refractivity contribution in [1.82, 2.24) is 10.2 Å². The molecule has 0 aromatic rings. The van der Waals surface area contributed by atoms with Crippen molar-refractivity contribution in [2.24, 2.45) is 5.92 Å². The molecule has 0 heterocycles. The van der Waals surface area contributed by atoms with Crippen molar-refractivity contribution in [3.05, 3.63) is 0 Å².